The maximum absolute atomic E-state index is 6.20. The van der Waals surface area contributed by atoms with Crippen LogP contribution in [0.3, 0.4) is 0 Å². The summed E-state index contributed by atoms with van der Waals surface area (Å²) in [6.07, 6.45) is 17.1. The maximum Gasteiger partial charge on any atom is 0.179 e. The van der Waals surface area contributed by atoms with E-state index in [2.05, 4.69) is 54.7 Å². The predicted molar refractivity (Wildman–Crippen MR) is 131 cm³/mol. The molecule has 166 valence electrons. The summed E-state index contributed by atoms with van der Waals surface area (Å²) in [6.45, 7) is 5.96. The lowest BCUT2D eigenvalue weighted by Gasteiger charge is -2.25. The van der Waals surface area contributed by atoms with Crippen molar-refractivity contribution >= 4 is 44.0 Å². The van der Waals surface area contributed by atoms with Crippen molar-refractivity contribution in [2.45, 2.75) is 90.9 Å². The first-order valence-electron chi connectivity index (χ1n) is 11.2. The van der Waals surface area contributed by atoms with Gasteiger partial charge in [0.05, 0.1) is 36.0 Å². The normalized spacial score (nSPS) is 16.1. The minimum Gasteiger partial charge on any atom is -0.488 e. The summed E-state index contributed by atoms with van der Waals surface area (Å²) in [5.41, 5.74) is 1.04. The molecule has 0 aliphatic carbocycles. The molecule has 0 saturated carbocycles. The third-order valence-electron chi connectivity index (χ3n) is 5.03. The number of ether oxygens (including phenoxy) is 2. The number of nitrogens with zero attached hydrogens (tertiary/aromatic N) is 1. The molecule has 2 rings (SSSR count). The SMILES string of the molecule is CCCCCCCCOC1=CN2SNC(Br)=C2C(Br)=C1OCCCCCCCC. The van der Waals surface area contributed by atoms with E-state index in [1.54, 1.807) is 0 Å². The number of rotatable bonds is 16. The van der Waals surface area contributed by atoms with Crippen LogP contribution < -0.4 is 4.72 Å². The highest BCUT2D eigenvalue weighted by atomic mass is 79.9. The van der Waals surface area contributed by atoms with E-state index in [4.69, 9.17) is 9.47 Å². The van der Waals surface area contributed by atoms with Gasteiger partial charge in [-0.05, 0) is 44.7 Å². The van der Waals surface area contributed by atoms with Gasteiger partial charge in [0.25, 0.3) is 0 Å². The Bertz CT molecular complexity index is 593. The minimum atomic E-state index is 0.722. The third-order valence-corrected chi connectivity index (χ3v) is 7.38. The van der Waals surface area contributed by atoms with Crippen molar-refractivity contribution in [2.24, 2.45) is 0 Å². The van der Waals surface area contributed by atoms with Crippen molar-refractivity contribution in [1.29, 1.82) is 0 Å². The lowest BCUT2D eigenvalue weighted by molar-refractivity contribution is 0.140. The van der Waals surface area contributed by atoms with Crippen molar-refractivity contribution in [3.05, 3.63) is 32.5 Å². The average Bonchev–Trinajstić information content (AvgIpc) is 3.09. The second kappa shape index (κ2) is 14.7. The van der Waals surface area contributed by atoms with E-state index in [0.29, 0.717) is 0 Å². The van der Waals surface area contributed by atoms with Crippen LogP contribution in [0.25, 0.3) is 0 Å². The lowest BCUT2D eigenvalue weighted by Crippen LogP contribution is -2.17. The maximum atomic E-state index is 6.20. The molecule has 0 saturated heterocycles. The number of hydrogen-bond donors (Lipinski definition) is 1. The standard InChI is InChI=1S/C22H36Br2N2O2S/c1-3-5-7-9-11-13-15-27-18-17-26-20(22(24)25-29-26)19(23)21(18)28-16-14-12-10-8-6-4-2/h17,25H,3-16H2,1-2H3. The summed E-state index contributed by atoms with van der Waals surface area (Å²) in [6, 6.07) is 0. The van der Waals surface area contributed by atoms with Gasteiger partial charge in [0.1, 0.15) is 10.3 Å². The molecule has 0 aromatic rings. The molecule has 2 aliphatic heterocycles. The number of halogens is 2. The van der Waals surface area contributed by atoms with Crippen LogP contribution in [0.4, 0.5) is 0 Å². The number of fused-ring (bicyclic) bond motifs is 1. The molecule has 0 amide bonds. The molecule has 0 aromatic carbocycles. The zero-order valence-electron chi connectivity index (χ0n) is 17.9. The fourth-order valence-corrected chi connectivity index (χ4v) is 5.81. The fraction of sp³-hybridized carbons (Fsp3) is 0.727. The highest BCUT2D eigenvalue weighted by molar-refractivity contribution is 9.12. The first-order valence-corrected chi connectivity index (χ1v) is 13.5. The van der Waals surface area contributed by atoms with Gasteiger partial charge in [-0.1, -0.05) is 78.1 Å². The number of nitrogens with one attached hydrogen (secondary N) is 1. The van der Waals surface area contributed by atoms with Gasteiger partial charge in [-0.15, -0.1) is 0 Å². The largest absolute Gasteiger partial charge is 0.488 e. The summed E-state index contributed by atoms with van der Waals surface area (Å²) >= 11 is 8.87. The summed E-state index contributed by atoms with van der Waals surface area (Å²) in [5, 5.41) is 0. The van der Waals surface area contributed by atoms with Crippen LogP contribution in [0.1, 0.15) is 90.9 Å². The van der Waals surface area contributed by atoms with Gasteiger partial charge in [0, 0.05) is 0 Å². The third kappa shape index (κ3) is 8.41. The van der Waals surface area contributed by atoms with E-state index >= 15 is 0 Å². The van der Waals surface area contributed by atoms with Gasteiger partial charge >= 0.3 is 0 Å². The van der Waals surface area contributed by atoms with Crippen molar-refractivity contribution in [3.63, 3.8) is 0 Å². The van der Waals surface area contributed by atoms with Gasteiger partial charge in [-0.3, -0.25) is 4.31 Å². The van der Waals surface area contributed by atoms with Gasteiger partial charge in [-0.2, -0.15) is 0 Å². The van der Waals surface area contributed by atoms with Crippen molar-refractivity contribution < 1.29 is 9.47 Å². The number of allylic oxidation sites excluding steroid dienone is 1. The summed E-state index contributed by atoms with van der Waals surface area (Å²) in [4.78, 5) is 0. The quantitative estimate of drug-likeness (QED) is 0.119. The Kier molecular flexibility index (Phi) is 12.7. The second-order valence-electron chi connectivity index (χ2n) is 7.55. The molecule has 1 N–H and O–H groups in total. The smallest absolute Gasteiger partial charge is 0.179 e. The molecular formula is C22H36Br2N2O2S. The first-order chi connectivity index (χ1) is 14.2. The molecule has 29 heavy (non-hydrogen) atoms. The van der Waals surface area contributed by atoms with E-state index in [1.807, 2.05) is 6.20 Å². The summed E-state index contributed by atoms with van der Waals surface area (Å²) in [7, 11) is 0. The lowest BCUT2D eigenvalue weighted by atomic mass is 10.1. The van der Waals surface area contributed by atoms with E-state index in [1.165, 1.54) is 76.3 Å². The highest BCUT2D eigenvalue weighted by Gasteiger charge is 2.32. The molecule has 0 radical (unpaired) electrons. The van der Waals surface area contributed by atoms with Gasteiger partial charge in [0.15, 0.2) is 11.5 Å². The summed E-state index contributed by atoms with van der Waals surface area (Å²) in [5.74, 6) is 1.63. The fourth-order valence-electron chi connectivity index (χ4n) is 3.30. The first kappa shape index (κ1) is 25.0. The predicted octanol–water partition coefficient (Wildman–Crippen LogP) is 8.23. The Morgan fingerprint density at radius 3 is 2.00 bits per heavy atom. The average molecular weight is 552 g/mol. The topological polar surface area (TPSA) is 33.7 Å². The summed E-state index contributed by atoms with van der Waals surface area (Å²) < 4.78 is 19.6. The van der Waals surface area contributed by atoms with Crippen LogP contribution in [-0.2, 0) is 9.47 Å². The minimum absolute atomic E-state index is 0.722. The molecule has 0 aromatic heterocycles. The monoisotopic (exact) mass is 550 g/mol. The molecular weight excluding hydrogens is 516 g/mol. The molecule has 2 heterocycles. The van der Waals surface area contributed by atoms with Crippen LogP contribution >= 0.6 is 44.0 Å². The molecule has 0 atom stereocenters. The molecule has 7 heteroatoms. The Hall–Kier alpha value is -0.270. The van der Waals surface area contributed by atoms with Crippen LogP contribution in [0.15, 0.2) is 32.5 Å². The molecule has 0 fully saturated rings. The Morgan fingerprint density at radius 1 is 0.828 bits per heavy atom. The van der Waals surface area contributed by atoms with Crippen LogP contribution in [0.2, 0.25) is 0 Å². The molecule has 4 nitrogen and oxygen atoms in total. The molecule has 2 aliphatic rings. The highest BCUT2D eigenvalue weighted by Crippen LogP contribution is 2.44. The Balaban J connectivity index is 1.85. The van der Waals surface area contributed by atoms with E-state index in [-0.39, 0.29) is 0 Å². The van der Waals surface area contributed by atoms with Gasteiger partial charge in [0.2, 0.25) is 0 Å². The van der Waals surface area contributed by atoms with E-state index < -0.39 is 0 Å². The van der Waals surface area contributed by atoms with Crippen molar-refractivity contribution in [3.8, 4) is 0 Å². The zero-order chi connectivity index (χ0) is 20.9. The molecule has 0 bridgehead atoms. The molecule has 0 spiro atoms. The van der Waals surface area contributed by atoms with Crippen LogP contribution in [0.5, 0.6) is 0 Å². The van der Waals surface area contributed by atoms with Crippen molar-refractivity contribution in [1.82, 2.24) is 9.03 Å². The van der Waals surface area contributed by atoms with Crippen molar-refractivity contribution in [2.75, 3.05) is 13.2 Å². The number of unbranched alkanes of at least 4 members (excludes halogenated alkanes) is 10. The van der Waals surface area contributed by atoms with Crippen LogP contribution in [-0.4, -0.2) is 17.5 Å². The van der Waals surface area contributed by atoms with Gasteiger partial charge < -0.3 is 14.2 Å². The molecule has 0 unspecified atom stereocenters. The van der Waals surface area contributed by atoms with Gasteiger partial charge in [-0.25, -0.2) is 0 Å². The van der Waals surface area contributed by atoms with Crippen LogP contribution in [0, 0.1) is 0 Å². The second-order valence-corrected chi connectivity index (χ2v) is 9.92. The Labute approximate surface area is 198 Å². The van der Waals surface area contributed by atoms with E-state index in [9.17, 15) is 0 Å². The van der Waals surface area contributed by atoms with E-state index in [0.717, 1.165) is 52.4 Å². The zero-order valence-corrected chi connectivity index (χ0v) is 21.9. The Morgan fingerprint density at radius 2 is 1.38 bits per heavy atom. The number of hydrogen-bond acceptors (Lipinski definition) is 5.